The molecule has 0 amide bonds. The topological polar surface area (TPSA) is 73.2 Å². The van der Waals surface area contributed by atoms with Crippen molar-refractivity contribution in [2.45, 2.75) is 69.9 Å². The van der Waals surface area contributed by atoms with Crippen molar-refractivity contribution < 1.29 is 9.53 Å². The average Bonchev–Trinajstić information content (AvgIpc) is 2.91. The number of rotatable bonds is 5. The Morgan fingerprint density at radius 2 is 2.08 bits per heavy atom. The number of hydrogen-bond donors (Lipinski definition) is 1. The van der Waals surface area contributed by atoms with E-state index >= 15 is 0 Å². The molecule has 1 aliphatic carbocycles. The number of carbonyl (C=O) groups is 1. The predicted octanol–water partition coefficient (Wildman–Crippen LogP) is 3.04. The number of halogens is 1. The second kappa shape index (κ2) is 6.39. The number of nitrogens with one attached hydrogen (secondary N) is 1. The lowest BCUT2D eigenvalue weighted by atomic mass is 9.77. The van der Waals surface area contributed by atoms with Crippen LogP contribution in [0, 0.1) is 0 Å². The van der Waals surface area contributed by atoms with Gasteiger partial charge in [-0.15, -0.1) is 0 Å². The number of nitrogens with zero attached hydrogens (tertiary/aromatic N) is 2. The summed E-state index contributed by atoms with van der Waals surface area (Å²) in [6.07, 6.45) is 5.29. The van der Waals surface area contributed by atoms with Gasteiger partial charge >= 0.3 is 5.97 Å². The molecule has 1 aromatic rings. The maximum absolute atomic E-state index is 13.0. The molecule has 1 atom stereocenters. The Kier molecular flexibility index (Phi) is 4.60. The molecule has 2 heterocycles. The number of carbonyl (C=O) groups excluding carboxylic acids is 1. The largest absolute Gasteiger partial charge is 0.467 e. The number of fused-ring (bicyclic) bond motifs is 1. The zero-order valence-corrected chi connectivity index (χ0v) is 15.2. The lowest BCUT2D eigenvalue weighted by Gasteiger charge is -2.28. The molecule has 0 aromatic carbocycles. The summed E-state index contributed by atoms with van der Waals surface area (Å²) in [6.45, 7) is 4.10. The van der Waals surface area contributed by atoms with Crippen LogP contribution in [0.25, 0.3) is 0 Å². The van der Waals surface area contributed by atoms with Crippen molar-refractivity contribution in [2.75, 3.05) is 12.4 Å². The van der Waals surface area contributed by atoms with Gasteiger partial charge in [0.1, 0.15) is 6.04 Å². The van der Waals surface area contributed by atoms with E-state index in [4.69, 9.17) is 16.3 Å². The molecule has 7 heteroatoms. The number of anilines is 1. The molecule has 1 aliphatic heterocycles. The van der Waals surface area contributed by atoms with E-state index in [1.54, 1.807) is 0 Å². The van der Waals surface area contributed by atoms with E-state index in [0.29, 0.717) is 17.3 Å². The third kappa shape index (κ3) is 2.51. The van der Waals surface area contributed by atoms with Gasteiger partial charge in [-0.3, -0.25) is 9.36 Å². The second-order valence-corrected chi connectivity index (χ2v) is 7.14. The van der Waals surface area contributed by atoms with Gasteiger partial charge in [-0.2, -0.15) is 0 Å². The third-order valence-corrected chi connectivity index (χ3v) is 6.00. The number of esters is 1. The molecular weight excluding hydrogens is 330 g/mol. The molecule has 0 radical (unpaired) electrons. The summed E-state index contributed by atoms with van der Waals surface area (Å²) in [6, 6.07) is -0.375. The highest BCUT2D eigenvalue weighted by Gasteiger charge is 2.48. The van der Waals surface area contributed by atoms with E-state index in [0.717, 1.165) is 32.1 Å². The fourth-order valence-electron chi connectivity index (χ4n) is 3.88. The Balaban J connectivity index is 2.15. The fraction of sp³-hybridized carbons (Fsp3) is 0.706. The van der Waals surface area contributed by atoms with Gasteiger partial charge in [0.05, 0.1) is 12.8 Å². The van der Waals surface area contributed by atoms with Crippen molar-refractivity contribution >= 4 is 23.4 Å². The number of aromatic nitrogens is 2. The first kappa shape index (κ1) is 17.3. The third-order valence-electron chi connectivity index (χ3n) is 5.74. The minimum absolute atomic E-state index is 0.241. The zero-order valence-electron chi connectivity index (χ0n) is 14.4. The Bertz CT molecular complexity index is 708. The molecule has 132 valence electrons. The molecule has 24 heavy (non-hydrogen) atoms. The van der Waals surface area contributed by atoms with E-state index < -0.39 is 12.0 Å². The van der Waals surface area contributed by atoms with Crippen LogP contribution < -0.4 is 10.9 Å². The molecule has 0 bridgehead atoms. The Morgan fingerprint density at radius 1 is 1.42 bits per heavy atom. The summed E-state index contributed by atoms with van der Waals surface area (Å²) in [5.41, 5.74) is 0.0751. The molecule has 1 saturated carbocycles. The molecule has 1 aromatic heterocycles. The first-order valence-corrected chi connectivity index (χ1v) is 9.02. The SMILES string of the molecule is CCC1(CC)C[C@@H](C(=O)OC)n2c1c(Cl)nc(NC1CCC1)c2=O. The summed E-state index contributed by atoms with van der Waals surface area (Å²) in [5, 5.41) is 3.49. The van der Waals surface area contributed by atoms with Crippen LogP contribution in [-0.4, -0.2) is 28.7 Å². The van der Waals surface area contributed by atoms with Crippen molar-refractivity contribution in [3.05, 3.63) is 21.2 Å². The Morgan fingerprint density at radius 3 is 2.58 bits per heavy atom. The second-order valence-electron chi connectivity index (χ2n) is 6.78. The van der Waals surface area contributed by atoms with Crippen molar-refractivity contribution in [3.63, 3.8) is 0 Å². The molecule has 0 saturated heterocycles. The normalized spacial score (nSPS) is 21.9. The number of ether oxygens (including phenoxy) is 1. The van der Waals surface area contributed by atoms with Crippen LogP contribution in [0.1, 0.15) is 64.1 Å². The number of methoxy groups -OCH3 is 1. The highest BCUT2D eigenvalue weighted by Crippen LogP contribution is 2.48. The molecule has 6 nitrogen and oxygen atoms in total. The standard InChI is InChI=1S/C17H24ClN3O3/c1-4-17(5-2)9-11(16(23)24-3)21-12(17)13(18)20-14(15(21)22)19-10-7-6-8-10/h10-11H,4-9H2,1-3H3,(H,19,20)/t11-/m0/s1. The number of hydrogen-bond acceptors (Lipinski definition) is 5. The summed E-state index contributed by atoms with van der Waals surface area (Å²) >= 11 is 6.48. The quantitative estimate of drug-likeness (QED) is 0.823. The van der Waals surface area contributed by atoms with Gasteiger partial charge < -0.3 is 10.1 Å². The summed E-state index contributed by atoms with van der Waals surface area (Å²) < 4.78 is 6.46. The van der Waals surface area contributed by atoms with Crippen LogP contribution in [0.4, 0.5) is 5.82 Å². The van der Waals surface area contributed by atoms with Gasteiger partial charge in [-0.1, -0.05) is 25.4 Å². The Labute approximate surface area is 146 Å². The molecule has 1 fully saturated rings. The average molecular weight is 354 g/mol. The van der Waals surface area contributed by atoms with Crippen molar-refractivity contribution in [1.29, 1.82) is 0 Å². The van der Waals surface area contributed by atoms with Crippen LogP contribution in [0.2, 0.25) is 5.15 Å². The van der Waals surface area contributed by atoms with Gasteiger partial charge in [-0.05, 0) is 38.5 Å². The highest BCUT2D eigenvalue weighted by molar-refractivity contribution is 6.30. The maximum atomic E-state index is 13.0. The molecular formula is C17H24ClN3O3. The van der Waals surface area contributed by atoms with Crippen molar-refractivity contribution in [3.8, 4) is 0 Å². The van der Waals surface area contributed by atoms with E-state index in [1.807, 2.05) is 0 Å². The van der Waals surface area contributed by atoms with E-state index in [-0.39, 0.29) is 22.8 Å². The molecule has 0 unspecified atom stereocenters. The smallest absolute Gasteiger partial charge is 0.329 e. The monoisotopic (exact) mass is 353 g/mol. The van der Waals surface area contributed by atoms with Gasteiger partial charge in [0.15, 0.2) is 11.0 Å². The lowest BCUT2D eigenvalue weighted by Crippen LogP contribution is -2.36. The van der Waals surface area contributed by atoms with Gasteiger partial charge in [0, 0.05) is 11.5 Å². The van der Waals surface area contributed by atoms with Crippen molar-refractivity contribution in [1.82, 2.24) is 9.55 Å². The van der Waals surface area contributed by atoms with E-state index in [9.17, 15) is 9.59 Å². The van der Waals surface area contributed by atoms with Crippen LogP contribution >= 0.6 is 11.6 Å². The van der Waals surface area contributed by atoms with Crippen molar-refractivity contribution in [2.24, 2.45) is 0 Å². The van der Waals surface area contributed by atoms with Crippen LogP contribution in [0.15, 0.2) is 4.79 Å². The highest BCUT2D eigenvalue weighted by atomic mass is 35.5. The minimum atomic E-state index is -0.639. The lowest BCUT2D eigenvalue weighted by molar-refractivity contribution is -0.144. The molecule has 1 N–H and O–H groups in total. The van der Waals surface area contributed by atoms with Crippen LogP contribution in [-0.2, 0) is 14.9 Å². The van der Waals surface area contributed by atoms with E-state index in [2.05, 4.69) is 24.1 Å². The van der Waals surface area contributed by atoms with Gasteiger partial charge in [0.2, 0.25) is 0 Å². The summed E-state index contributed by atoms with van der Waals surface area (Å²) in [5.74, 6) is -0.163. The summed E-state index contributed by atoms with van der Waals surface area (Å²) in [4.78, 5) is 29.7. The minimum Gasteiger partial charge on any atom is -0.467 e. The zero-order chi connectivity index (χ0) is 17.5. The Hall–Kier alpha value is -1.56. The predicted molar refractivity (Wildman–Crippen MR) is 92.7 cm³/mol. The fourth-order valence-corrected chi connectivity index (χ4v) is 4.26. The van der Waals surface area contributed by atoms with Crippen LogP contribution in [0.3, 0.4) is 0 Å². The first-order valence-electron chi connectivity index (χ1n) is 8.64. The molecule has 2 aliphatic rings. The van der Waals surface area contributed by atoms with Gasteiger partial charge in [0.25, 0.3) is 5.56 Å². The van der Waals surface area contributed by atoms with Crippen LogP contribution in [0.5, 0.6) is 0 Å². The maximum Gasteiger partial charge on any atom is 0.329 e. The molecule has 0 spiro atoms. The first-order chi connectivity index (χ1) is 11.5. The van der Waals surface area contributed by atoms with Gasteiger partial charge in [-0.25, -0.2) is 9.78 Å². The summed E-state index contributed by atoms with van der Waals surface area (Å²) in [7, 11) is 1.35. The van der Waals surface area contributed by atoms with E-state index in [1.165, 1.54) is 11.7 Å². The molecule has 3 rings (SSSR count).